The lowest BCUT2D eigenvalue weighted by molar-refractivity contribution is -0.138. The third kappa shape index (κ3) is 4.72. The van der Waals surface area contributed by atoms with Crippen LogP contribution in [0.2, 0.25) is 0 Å². The van der Waals surface area contributed by atoms with Crippen molar-refractivity contribution in [3.8, 4) is 17.2 Å². The Bertz CT molecular complexity index is 1150. The number of carbonyl (C=O) groups is 2. The van der Waals surface area contributed by atoms with Crippen molar-refractivity contribution in [3.05, 3.63) is 72.1 Å². The highest BCUT2D eigenvalue weighted by atomic mass is 19.4. The Labute approximate surface area is 180 Å². The smallest absolute Gasteiger partial charge is 0.420 e. The van der Waals surface area contributed by atoms with E-state index in [-0.39, 0.29) is 22.8 Å². The third-order valence-corrected chi connectivity index (χ3v) is 4.28. The molecule has 1 heterocycles. The molecule has 0 aliphatic heterocycles. The molecule has 3 aromatic rings. The molecule has 0 aliphatic rings. The quantitative estimate of drug-likeness (QED) is 0.587. The number of amides is 3. The van der Waals surface area contributed by atoms with E-state index in [4.69, 9.17) is 20.9 Å². The molecule has 32 heavy (non-hydrogen) atoms. The first kappa shape index (κ1) is 22.4. The maximum absolute atomic E-state index is 13.4. The van der Waals surface area contributed by atoms with Crippen LogP contribution in [0.4, 0.5) is 29.3 Å². The van der Waals surface area contributed by atoms with Crippen molar-refractivity contribution in [1.82, 2.24) is 4.98 Å². The molecule has 0 radical (unpaired) electrons. The second-order valence-corrected chi connectivity index (χ2v) is 6.37. The molecule has 0 fully saturated rings. The van der Waals surface area contributed by atoms with E-state index < -0.39 is 29.4 Å². The Balaban J connectivity index is 1.95. The number of ether oxygens (including phenoxy) is 2. The number of para-hydroxylation sites is 1. The Morgan fingerprint density at radius 3 is 2.25 bits per heavy atom. The lowest BCUT2D eigenvalue weighted by Crippen LogP contribution is -2.32. The molecule has 0 saturated heterocycles. The number of hydrogen-bond donors (Lipinski definition) is 2. The van der Waals surface area contributed by atoms with E-state index in [0.717, 1.165) is 24.1 Å². The van der Waals surface area contributed by atoms with Gasteiger partial charge in [0.2, 0.25) is 0 Å². The summed E-state index contributed by atoms with van der Waals surface area (Å²) in [6.45, 7) is 0. The number of hydrogen-bond acceptors (Lipinski definition) is 5. The average molecular weight is 446 g/mol. The van der Waals surface area contributed by atoms with Gasteiger partial charge in [0.15, 0.2) is 5.75 Å². The summed E-state index contributed by atoms with van der Waals surface area (Å²) in [5, 5.41) is 0. The van der Waals surface area contributed by atoms with Crippen LogP contribution in [0.1, 0.15) is 16.1 Å². The summed E-state index contributed by atoms with van der Waals surface area (Å²) >= 11 is 0. The number of nitrogens with zero attached hydrogens (tertiary/aromatic N) is 2. The Kier molecular flexibility index (Phi) is 6.19. The molecular weight excluding hydrogens is 429 g/mol. The summed E-state index contributed by atoms with van der Waals surface area (Å²) in [7, 11) is 1.07. The number of benzene rings is 2. The molecule has 0 spiro atoms. The number of nitrogens with two attached hydrogens (primary N) is 2. The van der Waals surface area contributed by atoms with Crippen molar-refractivity contribution >= 4 is 23.3 Å². The fourth-order valence-electron chi connectivity index (χ4n) is 2.93. The predicted molar refractivity (Wildman–Crippen MR) is 109 cm³/mol. The molecule has 0 aliphatic carbocycles. The van der Waals surface area contributed by atoms with Crippen molar-refractivity contribution < 1.29 is 32.2 Å². The molecule has 0 bridgehead atoms. The SMILES string of the molecule is COc1c(N(C(N)=O)c2ccc(Oc3ccnc(C(N)=O)c3)cc2)cccc1C(F)(F)F. The second kappa shape index (κ2) is 8.84. The molecule has 11 heteroatoms. The lowest BCUT2D eigenvalue weighted by Gasteiger charge is -2.25. The zero-order valence-electron chi connectivity index (χ0n) is 16.6. The molecule has 2 aromatic carbocycles. The number of methoxy groups -OCH3 is 1. The summed E-state index contributed by atoms with van der Waals surface area (Å²) in [4.78, 5) is 28.1. The Hall–Kier alpha value is -4.28. The molecule has 1 aromatic heterocycles. The maximum atomic E-state index is 13.4. The van der Waals surface area contributed by atoms with Gasteiger partial charge in [-0.3, -0.25) is 14.7 Å². The fourth-order valence-corrected chi connectivity index (χ4v) is 2.93. The number of rotatable bonds is 6. The van der Waals surface area contributed by atoms with Gasteiger partial charge in [0, 0.05) is 12.3 Å². The first-order valence-corrected chi connectivity index (χ1v) is 8.99. The van der Waals surface area contributed by atoms with Gasteiger partial charge >= 0.3 is 12.2 Å². The number of carbonyl (C=O) groups excluding carboxylic acids is 2. The van der Waals surface area contributed by atoms with Gasteiger partial charge in [-0.15, -0.1) is 0 Å². The Morgan fingerprint density at radius 2 is 1.69 bits per heavy atom. The van der Waals surface area contributed by atoms with Crippen LogP contribution < -0.4 is 25.8 Å². The molecule has 4 N–H and O–H groups in total. The van der Waals surface area contributed by atoms with Crippen molar-refractivity contribution in [2.24, 2.45) is 11.5 Å². The third-order valence-electron chi connectivity index (χ3n) is 4.28. The summed E-state index contributed by atoms with van der Waals surface area (Å²) < 4.78 is 50.6. The molecule has 3 amide bonds. The number of alkyl halides is 3. The number of primary amides is 2. The predicted octanol–water partition coefficient (Wildman–Crippen LogP) is 4.22. The van der Waals surface area contributed by atoms with E-state index in [0.29, 0.717) is 5.75 Å². The van der Waals surface area contributed by atoms with Gasteiger partial charge in [0.25, 0.3) is 5.91 Å². The minimum Gasteiger partial charge on any atom is -0.494 e. The molecular formula is C21H17F3N4O4. The van der Waals surface area contributed by atoms with Crippen LogP contribution in [0.15, 0.2) is 60.8 Å². The normalized spacial score (nSPS) is 11.0. The molecule has 3 rings (SSSR count). The van der Waals surface area contributed by atoms with Gasteiger partial charge in [0.05, 0.1) is 24.0 Å². The number of anilines is 2. The maximum Gasteiger partial charge on any atom is 0.420 e. The van der Waals surface area contributed by atoms with Crippen LogP contribution >= 0.6 is 0 Å². The van der Waals surface area contributed by atoms with E-state index in [2.05, 4.69) is 4.98 Å². The Morgan fingerprint density at radius 1 is 1.00 bits per heavy atom. The summed E-state index contributed by atoms with van der Waals surface area (Å²) in [6, 6.07) is 10.9. The van der Waals surface area contributed by atoms with Crippen molar-refractivity contribution in [2.45, 2.75) is 6.18 Å². The summed E-state index contributed by atoms with van der Waals surface area (Å²) in [5.41, 5.74) is 9.60. The molecule has 166 valence electrons. The van der Waals surface area contributed by atoms with Gasteiger partial charge in [-0.1, -0.05) is 6.07 Å². The van der Waals surface area contributed by atoms with Crippen LogP contribution in [0, 0.1) is 0 Å². The zero-order valence-corrected chi connectivity index (χ0v) is 16.6. The lowest BCUT2D eigenvalue weighted by atomic mass is 10.1. The number of pyridine rings is 1. The molecule has 0 atom stereocenters. The van der Waals surface area contributed by atoms with Crippen LogP contribution in [0.3, 0.4) is 0 Å². The van der Waals surface area contributed by atoms with Crippen LogP contribution in [0.25, 0.3) is 0 Å². The number of urea groups is 1. The highest BCUT2D eigenvalue weighted by Gasteiger charge is 2.36. The zero-order chi connectivity index (χ0) is 23.5. The minimum absolute atomic E-state index is 0.00988. The van der Waals surface area contributed by atoms with Gasteiger partial charge in [-0.25, -0.2) is 4.79 Å². The second-order valence-electron chi connectivity index (χ2n) is 6.37. The standard InChI is InChI=1S/C21H17F3N4O4/c1-31-18-15(21(22,23)24)3-2-4-17(18)28(20(26)30)12-5-7-13(8-6-12)32-14-9-10-27-16(11-14)19(25)29/h2-11H,1H3,(H2,25,29)(H2,26,30). The van der Waals surface area contributed by atoms with Crippen LogP contribution in [-0.4, -0.2) is 24.0 Å². The van der Waals surface area contributed by atoms with Crippen molar-refractivity contribution in [1.29, 1.82) is 0 Å². The minimum atomic E-state index is -4.70. The topological polar surface area (TPSA) is 121 Å². The van der Waals surface area contributed by atoms with E-state index in [1.54, 1.807) is 0 Å². The fraction of sp³-hybridized carbons (Fsp3) is 0.0952. The van der Waals surface area contributed by atoms with Crippen molar-refractivity contribution in [3.63, 3.8) is 0 Å². The summed E-state index contributed by atoms with van der Waals surface area (Å²) in [5.74, 6) is -0.670. The van der Waals surface area contributed by atoms with E-state index in [1.807, 2.05) is 0 Å². The van der Waals surface area contributed by atoms with E-state index in [9.17, 15) is 22.8 Å². The molecule has 0 saturated carbocycles. The van der Waals surface area contributed by atoms with Crippen LogP contribution in [-0.2, 0) is 6.18 Å². The van der Waals surface area contributed by atoms with Gasteiger partial charge in [-0.05, 0) is 42.5 Å². The molecule has 8 nitrogen and oxygen atoms in total. The summed E-state index contributed by atoms with van der Waals surface area (Å²) in [6.07, 6.45) is -3.35. The van der Waals surface area contributed by atoms with Crippen LogP contribution in [0.5, 0.6) is 17.2 Å². The van der Waals surface area contributed by atoms with E-state index in [1.165, 1.54) is 48.7 Å². The largest absolute Gasteiger partial charge is 0.494 e. The highest BCUT2D eigenvalue weighted by molar-refractivity contribution is 6.00. The highest BCUT2D eigenvalue weighted by Crippen LogP contribution is 2.43. The van der Waals surface area contributed by atoms with E-state index >= 15 is 0 Å². The van der Waals surface area contributed by atoms with Gasteiger partial charge in [0.1, 0.15) is 17.2 Å². The van der Waals surface area contributed by atoms with Crippen molar-refractivity contribution in [2.75, 3.05) is 12.0 Å². The van der Waals surface area contributed by atoms with Gasteiger partial charge < -0.3 is 20.9 Å². The number of aromatic nitrogens is 1. The monoisotopic (exact) mass is 446 g/mol. The average Bonchev–Trinajstić information content (AvgIpc) is 2.74. The number of halogens is 3. The first-order valence-electron chi connectivity index (χ1n) is 8.99. The van der Waals surface area contributed by atoms with Gasteiger partial charge in [-0.2, -0.15) is 13.2 Å². The first-order chi connectivity index (χ1) is 15.1. The molecule has 0 unspecified atom stereocenters.